The Bertz CT molecular complexity index is 410. The number of carbonyl (C=O) groups is 2. The Morgan fingerprint density at radius 3 is 2.94 bits per heavy atom. The third kappa shape index (κ3) is 3.60. The molecule has 0 aromatic heterocycles. The van der Waals surface area contributed by atoms with E-state index in [0.29, 0.717) is 0 Å². The van der Waals surface area contributed by atoms with Gasteiger partial charge in [-0.3, -0.25) is 14.9 Å². The van der Waals surface area contributed by atoms with Crippen LogP contribution in [0.25, 0.3) is 0 Å². The quantitative estimate of drug-likeness (QED) is 0.833. The molecule has 2 rings (SSSR count). The molecule has 1 fully saturated rings. The van der Waals surface area contributed by atoms with Gasteiger partial charge in [0, 0.05) is 0 Å². The van der Waals surface area contributed by atoms with Gasteiger partial charge in [-0.05, 0) is 25.7 Å². The van der Waals surface area contributed by atoms with Gasteiger partial charge in [-0.25, -0.2) is 0 Å². The van der Waals surface area contributed by atoms with Gasteiger partial charge in [0.1, 0.15) is 0 Å². The molecule has 1 saturated heterocycles. The summed E-state index contributed by atoms with van der Waals surface area (Å²) in [6, 6.07) is 0. The molecule has 0 aromatic carbocycles. The molecule has 0 saturated carbocycles. The van der Waals surface area contributed by atoms with Crippen molar-refractivity contribution in [1.82, 2.24) is 5.32 Å². The van der Waals surface area contributed by atoms with Gasteiger partial charge >= 0.3 is 0 Å². The molecule has 1 heterocycles. The van der Waals surface area contributed by atoms with E-state index in [-0.39, 0.29) is 16.4 Å². The summed E-state index contributed by atoms with van der Waals surface area (Å²) in [5.41, 5.74) is 1.38. The number of allylic oxidation sites excluding steroid dienone is 6. The number of hydrogen-bond acceptors (Lipinski definition) is 3. The molecule has 0 spiro atoms. The van der Waals surface area contributed by atoms with Crippen molar-refractivity contribution < 1.29 is 9.59 Å². The van der Waals surface area contributed by atoms with Crippen molar-refractivity contribution in [1.29, 1.82) is 0 Å². The van der Waals surface area contributed by atoms with E-state index in [2.05, 4.69) is 17.5 Å². The second-order valence-electron chi connectivity index (χ2n) is 4.12. The zero-order valence-electron chi connectivity index (χ0n) is 9.52. The van der Waals surface area contributed by atoms with E-state index in [4.69, 9.17) is 0 Å². The fraction of sp³-hybridized carbons (Fsp3) is 0.385. The molecule has 1 unspecified atom stereocenters. The van der Waals surface area contributed by atoms with Gasteiger partial charge in [0.2, 0.25) is 5.91 Å². The molecular weight excluding hydrogens is 234 g/mol. The Morgan fingerprint density at radius 2 is 2.18 bits per heavy atom. The Labute approximate surface area is 105 Å². The highest BCUT2D eigenvalue weighted by atomic mass is 32.2. The molecule has 2 amide bonds. The molecule has 90 valence electrons. The lowest BCUT2D eigenvalue weighted by atomic mass is 10.0. The first-order valence-electron chi connectivity index (χ1n) is 5.78. The number of amides is 2. The van der Waals surface area contributed by atoms with Gasteiger partial charge in [0.25, 0.3) is 5.24 Å². The van der Waals surface area contributed by atoms with E-state index < -0.39 is 0 Å². The van der Waals surface area contributed by atoms with Gasteiger partial charge in [-0.2, -0.15) is 0 Å². The zero-order valence-corrected chi connectivity index (χ0v) is 10.3. The fourth-order valence-corrected chi connectivity index (χ4v) is 2.77. The van der Waals surface area contributed by atoms with Crippen molar-refractivity contribution in [3.05, 3.63) is 36.0 Å². The minimum atomic E-state index is -0.209. The smallest absolute Gasteiger partial charge is 0.286 e. The number of carbonyl (C=O) groups excluding carboxylic acids is 2. The first kappa shape index (κ1) is 12.2. The molecule has 1 atom stereocenters. The molecule has 1 N–H and O–H groups in total. The maximum absolute atomic E-state index is 11.3. The van der Waals surface area contributed by atoms with Crippen LogP contribution in [-0.2, 0) is 4.79 Å². The normalized spacial score (nSPS) is 23.5. The van der Waals surface area contributed by atoms with E-state index in [1.54, 1.807) is 0 Å². The van der Waals surface area contributed by atoms with Crippen LogP contribution in [0.4, 0.5) is 4.79 Å². The SMILES string of the molecule is O=C1NC(=O)C(CCCC2=CC=CC=CC2)S1. The summed E-state index contributed by atoms with van der Waals surface area (Å²) in [5.74, 6) is -0.130. The minimum Gasteiger partial charge on any atom is -0.286 e. The summed E-state index contributed by atoms with van der Waals surface area (Å²) in [5, 5.41) is 1.92. The van der Waals surface area contributed by atoms with E-state index in [9.17, 15) is 9.59 Å². The Hall–Kier alpha value is -1.29. The van der Waals surface area contributed by atoms with Gasteiger partial charge < -0.3 is 0 Å². The van der Waals surface area contributed by atoms with Crippen LogP contribution in [0.3, 0.4) is 0 Å². The highest BCUT2D eigenvalue weighted by molar-refractivity contribution is 8.15. The van der Waals surface area contributed by atoms with Crippen LogP contribution in [0.2, 0.25) is 0 Å². The summed E-state index contributed by atoms with van der Waals surface area (Å²) in [7, 11) is 0. The number of thioether (sulfide) groups is 1. The monoisotopic (exact) mass is 249 g/mol. The second-order valence-corrected chi connectivity index (χ2v) is 5.29. The lowest BCUT2D eigenvalue weighted by Crippen LogP contribution is -2.24. The standard InChI is InChI=1S/C13H15NO2S/c15-12-11(17-13(16)14-12)9-5-8-10-6-3-1-2-4-7-10/h1-4,6,11H,5,7-9H2,(H,14,15,16). The first-order chi connectivity index (χ1) is 8.25. The average Bonchev–Trinajstić information content (AvgIpc) is 2.54. The van der Waals surface area contributed by atoms with Crippen molar-refractivity contribution in [3.8, 4) is 0 Å². The van der Waals surface area contributed by atoms with Crippen LogP contribution < -0.4 is 5.32 Å². The fourth-order valence-electron chi connectivity index (χ4n) is 1.91. The average molecular weight is 249 g/mol. The number of hydrogen-bond donors (Lipinski definition) is 1. The molecule has 2 aliphatic rings. The topological polar surface area (TPSA) is 46.2 Å². The van der Waals surface area contributed by atoms with Gasteiger partial charge in [0.05, 0.1) is 5.25 Å². The predicted molar refractivity (Wildman–Crippen MR) is 69.7 cm³/mol. The van der Waals surface area contributed by atoms with E-state index in [0.717, 1.165) is 37.4 Å². The van der Waals surface area contributed by atoms with Gasteiger partial charge in [-0.1, -0.05) is 47.7 Å². The van der Waals surface area contributed by atoms with Gasteiger partial charge in [-0.15, -0.1) is 0 Å². The molecular formula is C13H15NO2S. The van der Waals surface area contributed by atoms with Gasteiger partial charge in [0.15, 0.2) is 0 Å². The Kier molecular flexibility index (Phi) is 4.20. The maximum atomic E-state index is 11.3. The van der Waals surface area contributed by atoms with Crippen LogP contribution >= 0.6 is 11.8 Å². The van der Waals surface area contributed by atoms with Crippen molar-refractivity contribution in [3.63, 3.8) is 0 Å². The molecule has 17 heavy (non-hydrogen) atoms. The number of rotatable bonds is 4. The minimum absolute atomic E-state index is 0.130. The number of imide groups is 1. The van der Waals surface area contributed by atoms with E-state index >= 15 is 0 Å². The van der Waals surface area contributed by atoms with Crippen LogP contribution in [0.1, 0.15) is 25.7 Å². The Morgan fingerprint density at radius 1 is 1.29 bits per heavy atom. The highest BCUT2D eigenvalue weighted by Gasteiger charge is 2.30. The van der Waals surface area contributed by atoms with E-state index in [1.807, 2.05) is 18.2 Å². The molecule has 1 aliphatic heterocycles. The van der Waals surface area contributed by atoms with Crippen molar-refractivity contribution >= 4 is 22.9 Å². The molecule has 0 bridgehead atoms. The highest BCUT2D eigenvalue weighted by Crippen LogP contribution is 2.25. The predicted octanol–water partition coefficient (Wildman–Crippen LogP) is 2.95. The third-order valence-electron chi connectivity index (χ3n) is 2.80. The largest absolute Gasteiger partial charge is 0.286 e. The second kappa shape index (κ2) is 5.87. The molecule has 1 aliphatic carbocycles. The van der Waals surface area contributed by atoms with Crippen LogP contribution in [0.5, 0.6) is 0 Å². The summed E-state index contributed by atoms with van der Waals surface area (Å²) in [4.78, 5) is 22.3. The number of nitrogens with one attached hydrogen (secondary N) is 1. The Balaban J connectivity index is 1.74. The van der Waals surface area contributed by atoms with Crippen LogP contribution in [0, 0.1) is 0 Å². The summed E-state index contributed by atoms with van der Waals surface area (Å²) in [6.45, 7) is 0. The van der Waals surface area contributed by atoms with Crippen molar-refractivity contribution in [2.24, 2.45) is 0 Å². The molecule has 4 heteroatoms. The summed E-state index contributed by atoms with van der Waals surface area (Å²) in [6.07, 6.45) is 14.1. The van der Waals surface area contributed by atoms with Crippen molar-refractivity contribution in [2.45, 2.75) is 30.9 Å². The van der Waals surface area contributed by atoms with E-state index in [1.165, 1.54) is 5.57 Å². The van der Waals surface area contributed by atoms with Crippen LogP contribution in [-0.4, -0.2) is 16.4 Å². The molecule has 0 aromatic rings. The zero-order chi connectivity index (χ0) is 12.1. The maximum Gasteiger partial charge on any atom is 0.286 e. The summed E-state index contributed by atoms with van der Waals surface area (Å²) >= 11 is 1.12. The van der Waals surface area contributed by atoms with Crippen LogP contribution in [0.15, 0.2) is 36.0 Å². The molecule has 3 nitrogen and oxygen atoms in total. The van der Waals surface area contributed by atoms with Crippen molar-refractivity contribution in [2.75, 3.05) is 0 Å². The third-order valence-corrected chi connectivity index (χ3v) is 3.85. The lowest BCUT2D eigenvalue weighted by Gasteiger charge is -2.06. The first-order valence-corrected chi connectivity index (χ1v) is 6.66. The lowest BCUT2D eigenvalue weighted by molar-refractivity contribution is -0.119. The molecule has 0 radical (unpaired) electrons. The summed E-state index contributed by atoms with van der Waals surface area (Å²) < 4.78 is 0.